The number of hydrogen-bond acceptors (Lipinski definition) is 6. The number of carbonyl (C=O) groups excluding carboxylic acids is 3. The molecule has 0 radical (unpaired) electrons. The van der Waals surface area contributed by atoms with Crippen molar-refractivity contribution in [2.45, 2.75) is 38.6 Å². The zero-order valence-corrected chi connectivity index (χ0v) is 15.6. The van der Waals surface area contributed by atoms with Crippen molar-refractivity contribution < 1.29 is 14.4 Å². The van der Waals surface area contributed by atoms with E-state index in [1.807, 2.05) is 4.90 Å². The first-order valence-electron chi connectivity index (χ1n) is 9.75. The number of amides is 3. The van der Waals surface area contributed by atoms with E-state index in [4.69, 9.17) is 0 Å². The van der Waals surface area contributed by atoms with Gasteiger partial charge in [0.2, 0.25) is 23.7 Å². The molecular weight excluding hydrogens is 346 g/mol. The molecule has 27 heavy (non-hydrogen) atoms. The molecule has 1 aliphatic carbocycles. The average Bonchev–Trinajstić information content (AvgIpc) is 2.98. The minimum Gasteiger partial charge on any atom is -0.337 e. The van der Waals surface area contributed by atoms with Crippen LogP contribution in [0.4, 0.5) is 5.95 Å². The Kier molecular flexibility index (Phi) is 4.80. The maximum Gasteiger partial charge on any atom is 0.245 e. The van der Waals surface area contributed by atoms with Gasteiger partial charge in [0, 0.05) is 38.6 Å². The maximum absolute atomic E-state index is 13.0. The molecule has 0 bridgehead atoms. The molecule has 0 aromatic carbocycles. The van der Waals surface area contributed by atoms with Gasteiger partial charge in [0.15, 0.2) is 0 Å². The molecule has 1 aromatic rings. The van der Waals surface area contributed by atoms with E-state index in [1.54, 1.807) is 30.3 Å². The normalized spacial score (nSPS) is 26.9. The van der Waals surface area contributed by atoms with Gasteiger partial charge in [0.25, 0.3) is 0 Å². The van der Waals surface area contributed by atoms with Gasteiger partial charge in [-0.3, -0.25) is 19.3 Å². The molecular formula is C19H25N5O3. The Morgan fingerprint density at radius 1 is 1.00 bits per heavy atom. The lowest BCUT2D eigenvalue weighted by atomic mass is 9.81. The van der Waals surface area contributed by atoms with Crippen molar-refractivity contribution in [1.29, 1.82) is 0 Å². The highest BCUT2D eigenvalue weighted by atomic mass is 16.2. The molecule has 2 aliphatic heterocycles. The molecule has 8 nitrogen and oxygen atoms in total. The first-order valence-corrected chi connectivity index (χ1v) is 9.75. The Hall–Kier alpha value is -2.51. The van der Waals surface area contributed by atoms with Crippen molar-refractivity contribution >= 4 is 23.7 Å². The standard InChI is InChI=1S/C19H25N5O3/c1-13(24-17(26)14-5-2-3-6-15(14)18(24)27)16(25)22-9-11-23(12-10-22)19-20-7-4-8-21-19/h4,7-8,13-15H,2-3,5-6,9-12H2,1H3/t13-,14+,15+/m1/s1. The smallest absolute Gasteiger partial charge is 0.245 e. The van der Waals surface area contributed by atoms with E-state index in [0.29, 0.717) is 32.1 Å². The van der Waals surface area contributed by atoms with E-state index in [9.17, 15) is 14.4 Å². The third-order valence-corrected chi connectivity index (χ3v) is 6.05. The zero-order valence-electron chi connectivity index (χ0n) is 15.6. The largest absolute Gasteiger partial charge is 0.337 e. The summed E-state index contributed by atoms with van der Waals surface area (Å²) in [7, 11) is 0. The van der Waals surface area contributed by atoms with Crippen molar-refractivity contribution in [3.8, 4) is 0 Å². The van der Waals surface area contributed by atoms with Gasteiger partial charge in [0.05, 0.1) is 11.8 Å². The van der Waals surface area contributed by atoms with Gasteiger partial charge < -0.3 is 9.80 Å². The number of imide groups is 1. The molecule has 3 aliphatic rings. The van der Waals surface area contributed by atoms with Crippen LogP contribution in [0.2, 0.25) is 0 Å². The molecule has 0 N–H and O–H groups in total. The number of fused-ring (bicyclic) bond motifs is 1. The quantitative estimate of drug-likeness (QED) is 0.727. The van der Waals surface area contributed by atoms with Gasteiger partial charge in [-0.15, -0.1) is 0 Å². The van der Waals surface area contributed by atoms with Crippen LogP contribution in [-0.2, 0) is 14.4 Å². The minimum absolute atomic E-state index is 0.149. The van der Waals surface area contributed by atoms with Gasteiger partial charge in [0.1, 0.15) is 6.04 Å². The molecule has 1 aromatic heterocycles. The highest BCUT2D eigenvalue weighted by Crippen LogP contribution is 2.39. The third-order valence-electron chi connectivity index (χ3n) is 6.05. The fraction of sp³-hybridized carbons (Fsp3) is 0.632. The van der Waals surface area contributed by atoms with Crippen LogP contribution in [0.15, 0.2) is 18.5 Å². The maximum atomic E-state index is 13.0. The van der Waals surface area contributed by atoms with Crippen LogP contribution in [-0.4, -0.2) is 69.7 Å². The first-order chi connectivity index (χ1) is 13.1. The Labute approximate surface area is 158 Å². The lowest BCUT2D eigenvalue weighted by Crippen LogP contribution is -2.55. The Morgan fingerprint density at radius 3 is 2.11 bits per heavy atom. The summed E-state index contributed by atoms with van der Waals surface area (Å²) in [5.74, 6) is -0.221. The number of nitrogens with zero attached hydrogens (tertiary/aromatic N) is 5. The summed E-state index contributed by atoms with van der Waals surface area (Å²) in [6.07, 6.45) is 6.91. The van der Waals surface area contributed by atoms with Crippen LogP contribution in [0.1, 0.15) is 32.6 Å². The molecule has 3 atom stereocenters. The van der Waals surface area contributed by atoms with Crippen LogP contribution in [0, 0.1) is 11.8 Å². The molecule has 0 spiro atoms. The van der Waals surface area contributed by atoms with Crippen molar-refractivity contribution in [2.24, 2.45) is 11.8 Å². The summed E-state index contributed by atoms with van der Waals surface area (Å²) in [6, 6.07) is 1.04. The summed E-state index contributed by atoms with van der Waals surface area (Å²) in [4.78, 5) is 51.9. The Balaban J connectivity index is 1.40. The Bertz CT molecular complexity index is 708. The number of aromatic nitrogens is 2. The van der Waals surface area contributed by atoms with Crippen LogP contribution in [0.25, 0.3) is 0 Å². The molecule has 3 fully saturated rings. The topological polar surface area (TPSA) is 86.7 Å². The van der Waals surface area contributed by atoms with Crippen LogP contribution >= 0.6 is 0 Å². The molecule has 0 unspecified atom stereocenters. The number of likely N-dealkylation sites (tertiary alicyclic amines) is 1. The fourth-order valence-corrected chi connectivity index (χ4v) is 4.53. The van der Waals surface area contributed by atoms with Gasteiger partial charge in [-0.2, -0.15) is 0 Å². The monoisotopic (exact) mass is 371 g/mol. The second kappa shape index (κ2) is 7.25. The van der Waals surface area contributed by atoms with E-state index in [2.05, 4.69) is 9.97 Å². The molecule has 3 heterocycles. The number of hydrogen-bond donors (Lipinski definition) is 0. The molecule has 144 valence electrons. The first kappa shape index (κ1) is 17.9. The van der Waals surface area contributed by atoms with E-state index >= 15 is 0 Å². The predicted molar refractivity (Wildman–Crippen MR) is 97.6 cm³/mol. The molecule has 3 amide bonds. The summed E-state index contributed by atoms with van der Waals surface area (Å²) >= 11 is 0. The van der Waals surface area contributed by atoms with Crippen molar-refractivity contribution in [3.05, 3.63) is 18.5 Å². The number of carbonyl (C=O) groups is 3. The van der Waals surface area contributed by atoms with E-state index in [0.717, 1.165) is 25.7 Å². The number of anilines is 1. The number of rotatable bonds is 3. The lowest BCUT2D eigenvalue weighted by Gasteiger charge is -2.37. The highest BCUT2D eigenvalue weighted by molar-refractivity contribution is 6.08. The molecule has 1 saturated carbocycles. The second-order valence-electron chi connectivity index (χ2n) is 7.58. The molecule has 8 heteroatoms. The van der Waals surface area contributed by atoms with Gasteiger partial charge in [-0.25, -0.2) is 9.97 Å². The van der Waals surface area contributed by atoms with Crippen LogP contribution in [0.5, 0.6) is 0 Å². The van der Waals surface area contributed by atoms with Crippen LogP contribution in [0.3, 0.4) is 0 Å². The average molecular weight is 371 g/mol. The van der Waals surface area contributed by atoms with E-state index in [1.165, 1.54) is 4.90 Å². The van der Waals surface area contributed by atoms with E-state index < -0.39 is 6.04 Å². The summed E-state index contributed by atoms with van der Waals surface area (Å²) in [5.41, 5.74) is 0. The molecule has 4 rings (SSSR count). The van der Waals surface area contributed by atoms with Crippen molar-refractivity contribution in [1.82, 2.24) is 19.8 Å². The molecule has 2 saturated heterocycles. The van der Waals surface area contributed by atoms with Gasteiger partial charge in [-0.1, -0.05) is 12.8 Å². The van der Waals surface area contributed by atoms with Gasteiger partial charge in [-0.05, 0) is 25.8 Å². The zero-order chi connectivity index (χ0) is 19.0. The fourth-order valence-electron chi connectivity index (χ4n) is 4.53. The summed E-state index contributed by atoms with van der Waals surface area (Å²) < 4.78 is 0. The predicted octanol–water partition coefficient (Wildman–Crippen LogP) is 0.689. The van der Waals surface area contributed by atoms with Crippen molar-refractivity contribution in [2.75, 3.05) is 31.1 Å². The van der Waals surface area contributed by atoms with Crippen LogP contribution < -0.4 is 4.90 Å². The minimum atomic E-state index is -0.727. The third kappa shape index (κ3) is 3.17. The SMILES string of the molecule is C[C@H](C(=O)N1CCN(c2ncccn2)CC1)N1C(=O)[C@H]2CCCC[C@@H]2C1=O. The second-order valence-corrected chi connectivity index (χ2v) is 7.58. The van der Waals surface area contributed by atoms with E-state index in [-0.39, 0.29) is 29.6 Å². The Morgan fingerprint density at radius 2 is 1.56 bits per heavy atom. The van der Waals surface area contributed by atoms with Crippen molar-refractivity contribution in [3.63, 3.8) is 0 Å². The number of piperazine rings is 1. The highest BCUT2D eigenvalue weighted by Gasteiger charge is 2.51. The lowest BCUT2D eigenvalue weighted by molar-refractivity contribution is -0.151. The van der Waals surface area contributed by atoms with Gasteiger partial charge >= 0.3 is 0 Å². The summed E-state index contributed by atoms with van der Waals surface area (Å²) in [5, 5.41) is 0. The summed E-state index contributed by atoms with van der Waals surface area (Å²) in [6.45, 7) is 4.02.